The molecule has 0 heterocycles. The lowest BCUT2D eigenvalue weighted by Crippen LogP contribution is -2.65. The highest BCUT2D eigenvalue weighted by Crippen LogP contribution is 2.17. The normalized spacial score (nSPS) is 10.4. The van der Waals surface area contributed by atoms with E-state index in [0.717, 1.165) is 13.8 Å². The van der Waals surface area contributed by atoms with Gasteiger partial charge >= 0.3 is 12.2 Å². The molecule has 0 rings (SSSR count). The molecule has 0 spiro atoms. The predicted octanol–water partition coefficient (Wildman–Crippen LogP) is 1.04. The van der Waals surface area contributed by atoms with E-state index in [1.807, 2.05) is 0 Å². The molecule has 0 fully saturated rings. The fraction of sp³-hybridized carbons (Fsp3) is 0.667. The molecule has 2 amide bonds. The van der Waals surface area contributed by atoms with E-state index in [2.05, 4.69) is 10.2 Å². The van der Waals surface area contributed by atoms with Crippen LogP contribution < -0.4 is 5.43 Å². The maximum Gasteiger partial charge on any atom is 0.430 e. The van der Waals surface area contributed by atoms with Crippen LogP contribution in [-0.4, -0.2) is 47.5 Å². The molecule has 0 radical (unpaired) electrons. The van der Waals surface area contributed by atoms with Gasteiger partial charge in [0, 0.05) is 0 Å². The third-order valence-corrected chi connectivity index (χ3v) is 2.75. The number of carbonyl (C=O) groups excluding carboxylic acids is 4. The summed E-state index contributed by atoms with van der Waals surface area (Å²) in [7, 11) is 0. The van der Waals surface area contributed by atoms with Crippen molar-refractivity contribution < 1.29 is 28.7 Å². The molecule has 20 heavy (non-hydrogen) atoms. The lowest BCUT2D eigenvalue weighted by Gasteiger charge is -2.35. The molecule has 0 aromatic rings. The molecule has 114 valence electrons. The summed E-state index contributed by atoms with van der Waals surface area (Å²) in [4.78, 5) is 46.8. The van der Waals surface area contributed by atoms with Gasteiger partial charge in [-0.05, 0) is 34.6 Å². The number of amides is 2. The monoisotopic (exact) mass is 288 g/mol. The maximum absolute atomic E-state index is 11.9. The number of ether oxygens (including phenoxy) is 2. The topological polar surface area (TPSA) is 102 Å². The zero-order valence-corrected chi connectivity index (χ0v) is 12.3. The molecule has 0 aromatic carbocycles. The van der Waals surface area contributed by atoms with E-state index in [1.165, 1.54) is 6.92 Å². The number of Topliss-reactive ketones (excluding diaryl/α,β-unsaturated/α-hetero) is 2. The van der Waals surface area contributed by atoms with Gasteiger partial charge in [-0.25, -0.2) is 15.0 Å². The zero-order valence-electron chi connectivity index (χ0n) is 12.3. The Kier molecular flexibility index (Phi) is 6.67. The number of hydrazine groups is 1. The van der Waals surface area contributed by atoms with E-state index in [9.17, 15) is 19.2 Å². The van der Waals surface area contributed by atoms with E-state index in [0.29, 0.717) is 5.01 Å². The summed E-state index contributed by atoms with van der Waals surface area (Å²) in [5, 5.41) is 0.555. The van der Waals surface area contributed by atoms with Gasteiger partial charge in [0.2, 0.25) is 0 Å². The van der Waals surface area contributed by atoms with Gasteiger partial charge in [0.05, 0.1) is 13.2 Å². The molecule has 8 heteroatoms. The largest absolute Gasteiger partial charge is 0.449 e. The first kappa shape index (κ1) is 17.9. The molecule has 0 aliphatic carbocycles. The molecule has 1 N–H and O–H groups in total. The van der Waals surface area contributed by atoms with Crippen molar-refractivity contribution in [2.75, 3.05) is 13.2 Å². The minimum atomic E-state index is -1.86. The quantitative estimate of drug-likeness (QED) is 0.599. The number of nitrogens with zero attached hydrogens (tertiary/aromatic N) is 1. The van der Waals surface area contributed by atoms with Crippen molar-refractivity contribution in [2.24, 2.45) is 0 Å². The second-order valence-electron chi connectivity index (χ2n) is 4.05. The summed E-state index contributed by atoms with van der Waals surface area (Å²) in [6, 6.07) is 0. The van der Waals surface area contributed by atoms with E-state index in [1.54, 1.807) is 13.8 Å². The first-order valence-corrected chi connectivity index (χ1v) is 6.14. The van der Waals surface area contributed by atoms with Crippen molar-refractivity contribution in [3.63, 3.8) is 0 Å². The Morgan fingerprint density at radius 2 is 1.45 bits per heavy atom. The van der Waals surface area contributed by atoms with Crippen LogP contribution in [0.3, 0.4) is 0 Å². The van der Waals surface area contributed by atoms with Crippen LogP contribution in [-0.2, 0) is 19.1 Å². The average Bonchev–Trinajstić information content (AvgIpc) is 2.35. The molecule has 8 nitrogen and oxygen atoms in total. The summed E-state index contributed by atoms with van der Waals surface area (Å²) in [6.45, 7) is 6.72. The smallest absolute Gasteiger partial charge is 0.430 e. The highest BCUT2D eigenvalue weighted by atomic mass is 16.6. The van der Waals surface area contributed by atoms with Crippen LogP contribution in [0.15, 0.2) is 0 Å². The Hall–Kier alpha value is -2.12. The Bertz CT molecular complexity index is 393. The van der Waals surface area contributed by atoms with Gasteiger partial charge in [0.1, 0.15) is 0 Å². The molecule has 0 aliphatic rings. The van der Waals surface area contributed by atoms with Gasteiger partial charge in [-0.1, -0.05) is 0 Å². The Morgan fingerprint density at radius 3 is 1.80 bits per heavy atom. The van der Waals surface area contributed by atoms with Crippen molar-refractivity contribution >= 4 is 23.8 Å². The second kappa shape index (κ2) is 7.46. The third kappa shape index (κ3) is 3.94. The van der Waals surface area contributed by atoms with Crippen LogP contribution in [0.1, 0.15) is 34.6 Å². The summed E-state index contributed by atoms with van der Waals surface area (Å²) >= 11 is 0. The van der Waals surface area contributed by atoms with Crippen LogP contribution in [0.25, 0.3) is 0 Å². The first-order chi connectivity index (χ1) is 9.21. The highest BCUT2D eigenvalue weighted by molar-refractivity contribution is 6.11. The number of hydrogen-bond donors (Lipinski definition) is 1. The number of carbonyl (C=O) groups is 4. The first-order valence-electron chi connectivity index (χ1n) is 6.14. The van der Waals surface area contributed by atoms with Crippen LogP contribution in [0.4, 0.5) is 9.59 Å². The van der Waals surface area contributed by atoms with Gasteiger partial charge < -0.3 is 9.47 Å². The van der Waals surface area contributed by atoms with E-state index in [4.69, 9.17) is 4.74 Å². The Morgan fingerprint density at radius 1 is 1.00 bits per heavy atom. The van der Waals surface area contributed by atoms with Gasteiger partial charge in [-0.2, -0.15) is 5.01 Å². The van der Waals surface area contributed by atoms with Gasteiger partial charge in [-0.15, -0.1) is 0 Å². The van der Waals surface area contributed by atoms with Gasteiger partial charge in [0.25, 0.3) is 0 Å². The number of ketones is 2. The summed E-state index contributed by atoms with van der Waals surface area (Å²) in [5.41, 5.74) is 0.200. The second-order valence-corrected chi connectivity index (χ2v) is 4.05. The lowest BCUT2D eigenvalue weighted by atomic mass is 9.92. The maximum atomic E-state index is 11.9. The van der Waals surface area contributed by atoms with Crippen molar-refractivity contribution in [2.45, 2.75) is 40.2 Å². The lowest BCUT2D eigenvalue weighted by molar-refractivity contribution is -0.140. The predicted molar refractivity (Wildman–Crippen MR) is 68.8 cm³/mol. The Labute approximate surface area is 117 Å². The van der Waals surface area contributed by atoms with E-state index >= 15 is 0 Å². The average molecular weight is 288 g/mol. The van der Waals surface area contributed by atoms with Crippen molar-refractivity contribution in [3.8, 4) is 0 Å². The summed E-state index contributed by atoms with van der Waals surface area (Å²) < 4.78 is 9.38. The minimum absolute atomic E-state index is 0.0196. The molecule has 0 aromatic heterocycles. The number of rotatable bonds is 5. The molecule has 0 atom stereocenters. The summed E-state index contributed by atoms with van der Waals surface area (Å²) in [6.07, 6.45) is -1.98. The standard InChI is InChI=1S/C12H20N2O6/c1-6-19-10(17)13-14(11(18)20-7-2)12(5,8(3)15)9(4)16/h6-7H2,1-5H3,(H,13,17). The van der Waals surface area contributed by atoms with Crippen molar-refractivity contribution in [1.29, 1.82) is 0 Å². The minimum Gasteiger partial charge on any atom is -0.449 e. The van der Waals surface area contributed by atoms with E-state index < -0.39 is 29.3 Å². The van der Waals surface area contributed by atoms with Gasteiger partial charge in [-0.3, -0.25) is 9.59 Å². The van der Waals surface area contributed by atoms with Crippen LogP contribution >= 0.6 is 0 Å². The molecular formula is C12H20N2O6. The fourth-order valence-electron chi connectivity index (χ4n) is 1.35. The number of hydrogen-bond acceptors (Lipinski definition) is 6. The van der Waals surface area contributed by atoms with Gasteiger partial charge in [0.15, 0.2) is 17.1 Å². The fourth-order valence-corrected chi connectivity index (χ4v) is 1.35. The van der Waals surface area contributed by atoms with Crippen molar-refractivity contribution in [1.82, 2.24) is 10.4 Å². The number of nitrogens with one attached hydrogen (secondary N) is 1. The Balaban J connectivity index is 5.48. The third-order valence-electron chi connectivity index (χ3n) is 2.75. The highest BCUT2D eigenvalue weighted by Gasteiger charge is 2.46. The zero-order chi connectivity index (χ0) is 15.9. The molecular weight excluding hydrogens is 268 g/mol. The molecule has 0 bridgehead atoms. The van der Waals surface area contributed by atoms with E-state index in [-0.39, 0.29) is 13.2 Å². The molecule has 0 unspecified atom stereocenters. The van der Waals surface area contributed by atoms with Crippen LogP contribution in [0.5, 0.6) is 0 Å². The van der Waals surface area contributed by atoms with Crippen molar-refractivity contribution in [3.05, 3.63) is 0 Å². The molecule has 0 aliphatic heterocycles. The summed E-state index contributed by atoms with van der Waals surface area (Å²) in [5.74, 6) is -1.23. The molecule has 0 saturated carbocycles. The van der Waals surface area contributed by atoms with Crippen LogP contribution in [0, 0.1) is 0 Å². The molecule has 0 saturated heterocycles. The van der Waals surface area contributed by atoms with Crippen LogP contribution in [0.2, 0.25) is 0 Å². The SMILES string of the molecule is CCOC(=O)NN(C(=O)OCC)C(C)(C(C)=O)C(C)=O.